The molecule has 3 aliphatic rings. The van der Waals surface area contributed by atoms with Gasteiger partial charge in [-0.3, -0.25) is 25.3 Å². The number of alkyl halides is 1. The second-order valence-corrected chi connectivity index (χ2v) is 9.10. The van der Waals surface area contributed by atoms with Crippen molar-refractivity contribution in [2.24, 2.45) is 17.4 Å². The maximum atomic E-state index is 13.1. The summed E-state index contributed by atoms with van der Waals surface area (Å²) < 4.78 is 0. The quantitative estimate of drug-likeness (QED) is 0.303. The maximum Gasteiger partial charge on any atom is 0.233 e. The first kappa shape index (κ1) is 21.7. The third kappa shape index (κ3) is 4.87. The van der Waals surface area contributed by atoms with Gasteiger partial charge in [-0.1, -0.05) is 6.42 Å². The third-order valence-electron chi connectivity index (χ3n) is 6.50. The maximum absolute atomic E-state index is 13.1. The van der Waals surface area contributed by atoms with Gasteiger partial charge in [-0.15, -0.1) is 11.6 Å². The van der Waals surface area contributed by atoms with Gasteiger partial charge in [0.05, 0.1) is 41.2 Å². The van der Waals surface area contributed by atoms with Crippen LogP contribution in [-0.4, -0.2) is 78.8 Å². The Morgan fingerprint density at radius 2 is 1.90 bits per heavy atom. The van der Waals surface area contributed by atoms with E-state index >= 15 is 0 Å². The first-order chi connectivity index (χ1) is 14.5. The van der Waals surface area contributed by atoms with Crippen molar-refractivity contribution in [3.63, 3.8) is 0 Å². The van der Waals surface area contributed by atoms with Gasteiger partial charge in [-0.2, -0.15) is 0 Å². The van der Waals surface area contributed by atoms with Gasteiger partial charge in [0.2, 0.25) is 5.91 Å². The van der Waals surface area contributed by atoms with Crippen LogP contribution < -0.4 is 32.3 Å². The van der Waals surface area contributed by atoms with E-state index in [1.165, 1.54) is 19.3 Å². The Kier molecular flexibility index (Phi) is 7.07. The molecule has 7 N–H and O–H groups in total. The van der Waals surface area contributed by atoms with Crippen molar-refractivity contribution >= 4 is 28.9 Å². The van der Waals surface area contributed by atoms with Crippen LogP contribution in [0.2, 0.25) is 0 Å². The van der Waals surface area contributed by atoms with Gasteiger partial charge >= 0.3 is 0 Å². The fourth-order valence-electron chi connectivity index (χ4n) is 4.51. The molecule has 10 heteroatoms. The van der Waals surface area contributed by atoms with Gasteiger partial charge < -0.3 is 21.7 Å². The summed E-state index contributed by atoms with van der Waals surface area (Å²) in [4.78, 5) is 22.3. The lowest BCUT2D eigenvalue weighted by Gasteiger charge is -2.43. The molecular formula is C20H33ClN8O. The summed E-state index contributed by atoms with van der Waals surface area (Å²) in [5.41, 5.74) is 13.6. The highest BCUT2D eigenvalue weighted by Gasteiger charge is 2.35. The largest absolute Gasteiger partial charge is 0.367 e. The molecule has 0 spiro atoms. The number of hydrogen-bond acceptors (Lipinski definition) is 8. The third-order valence-corrected chi connectivity index (χ3v) is 6.81. The summed E-state index contributed by atoms with van der Waals surface area (Å²) >= 11 is 6.12. The van der Waals surface area contributed by atoms with Gasteiger partial charge in [0.15, 0.2) is 0 Å². The fraction of sp³-hybridized carbons (Fsp3) is 0.700. The summed E-state index contributed by atoms with van der Waals surface area (Å²) in [5.74, 6) is -0.872. The molecule has 1 aromatic heterocycles. The number of hydrogen-bond donors (Lipinski definition) is 5. The summed E-state index contributed by atoms with van der Waals surface area (Å²) in [6.07, 6.45) is 6.32. The van der Waals surface area contributed by atoms with Crippen LogP contribution in [0.15, 0.2) is 18.5 Å². The van der Waals surface area contributed by atoms with E-state index in [9.17, 15) is 4.79 Å². The Balaban J connectivity index is 1.42. The number of pyridine rings is 1. The molecule has 1 unspecified atom stereocenters. The van der Waals surface area contributed by atoms with E-state index in [1.54, 1.807) is 12.4 Å². The van der Waals surface area contributed by atoms with Gasteiger partial charge in [-0.05, 0) is 18.9 Å². The van der Waals surface area contributed by atoms with Crippen molar-refractivity contribution in [2.45, 2.75) is 43.0 Å². The Morgan fingerprint density at radius 1 is 1.20 bits per heavy atom. The number of carbonyl (C=O) groups is 1. The minimum Gasteiger partial charge on any atom is -0.367 e. The summed E-state index contributed by atoms with van der Waals surface area (Å²) in [5, 5.41) is 9.45. The Labute approximate surface area is 182 Å². The zero-order valence-corrected chi connectivity index (χ0v) is 18.0. The highest BCUT2D eigenvalue weighted by Crippen LogP contribution is 2.29. The van der Waals surface area contributed by atoms with Crippen LogP contribution in [0.5, 0.6) is 0 Å². The molecule has 0 aromatic carbocycles. The lowest BCUT2D eigenvalue weighted by Crippen LogP contribution is -2.64. The molecular weight excluding hydrogens is 404 g/mol. The zero-order chi connectivity index (χ0) is 21.1. The molecule has 1 atom stereocenters. The second kappa shape index (κ2) is 9.76. The number of piperazine rings is 1. The van der Waals surface area contributed by atoms with E-state index in [4.69, 9.17) is 23.1 Å². The van der Waals surface area contributed by atoms with Crippen LogP contribution in [0.4, 0.5) is 11.4 Å². The number of anilines is 2. The summed E-state index contributed by atoms with van der Waals surface area (Å²) in [6.45, 7) is 5.16. The van der Waals surface area contributed by atoms with E-state index in [2.05, 4.69) is 30.7 Å². The van der Waals surface area contributed by atoms with E-state index in [1.807, 2.05) is 6.07 Å². The number of nitrogens with one attached hydrogen (secondary N) is 3. The Hall–Kier alpha value is -1.49. The average molecular weight is 437 g/mol. The number of rotatable bonds is 6. The average Bonchev–Trinajstić information content (AvgIpc) is 2.69. The van der Waals surface area contributed by atoms with Crippen molar-refractivity contribution in [3.8, 4) is 0 Å². The number of nitrogens with zero attached hydrogens (tertiary/aromatic N) is 3. The highest BCUT2D eigenvalue weighted by molar-refractivity contribution is 6.21. The van der Waals surface area contributed by atoms with Gasteiger partial charge in [0.25, 0.3) is 0 Å². The van der Waals surface area contributed by atoms with Crippen LogP contribution in [-0.2, 0) is 4.79 Å². The molecule has 0 bridgehead atoms. The fourth-order valence-corrected chi connectivity index (χ4v) is 4.69. The normalized spacial score (nSPS) is 27.0. The molecule has 4 rings (SSSR count). The molecule has 1 aliphatic carbocycles. The van der Waals surface area contributed by atoms with E-state index in [-0.39, 0.29) is 17.5 Å². The molecule has 3 fully saturated rings. The molecule has 1 saturated carbocycles. The lowest BCUT2D eigenvalue weighted by molar-refractivity contribution is -0.121. The number of nitrogens with two attached hydrogens (primary N) is 2. The van der Waals surface area contributed by atoms with Gasteiger partial charge in [0, 0.05) is 51.5 Å². The van der Waals surface area contributed by atoms with Crippen molar-refractivity contribution in [3.05, 3.63) is 18.5 Å². The standard InChI is InChI=1S/C20H33ClN8O/c21-13-10-25-19(26-11-13)17(18(22)23)20(30)27-15-12-24-5-4-16(15)29-8-6-28(7-9-29)14-2-1-3-14/h4-5,12-14,17-19,25-26H,1-3,6-11,22-23H2,(H,27,30). The van der Waals surface area contributed by atoms with Crippen LogP contribution in [0, 0.1) is 5.92 Å². The molecule has 0 radical (unpaired) electrons. The molecule has 166 valence electrons. The Bertz CT molecular complexity index is 715. The topological polar surface area (TPSA) is 125 Å². The van der Waals surface area contributed by atoms with Crippen LogP contribution in [0.25, 0.3) is 0 Å². The molecule has 30 heavy (non-hydrogen) atoms. The summed E-state index contributed by atoms with van der Waals surface area (Å²) in [7, 11) is 0. The number of carbonyl (C=O) groups excluding carboxylic acids is 1. The van der Waals surface area contributed by atoms with Crippen molar-refractivity contribution in [1.29, 1.82) is 0 Å². The number of amides is 1. The highest BCUT2D eigenvalue weighted by atomic mass is 35.5. The van der Waals surface area contributed by atoms with Crippen molar-refractivity contribution in [2.75, 3.05) is 49.5 Å². The molecule has 1 aromatic rings. The Morgan fingerprint density at radius 3 is 2.50 bits per heavy atom. The smallest absolute Gasteiger partial charge is 0.233 e. The zero-order valence-electron chi connectivity index (χ0n) is 17.3. The molecule has 2 aliphatic heterocycles. The molecule has 3 heterocycles. The van der Waals surface area contributed by atoms with Crippen LogP contribution in [0.1, 0.15) is 19.3 Å². The van der Waals surface area contributed by atoms with Crippen LogP contribution >= 0.6 is 11.6 Å². The van der Waals surface area contributed by atoms with Crippen LogP contribution in [0.3, 0.4) is 0 Å². The lowest BCUT2D eigenvalue weighted by atomic mass is 9.91. The predicted molar refractivity (Wildman–Crippen MR) is 119 cm³/mol. The first-order valence-electron chi connectivity index (χ1n) is 10.9. The molecule has 2 saturated heterocycles. The van der Waals surface area contributed by atoms with Gasteiger partial charge in [0.1, 0.15) is 0 Å². The van der Waals surface area contributed by atoms with E-state index < -0.39 is 12.1 Å². The monoisotopic (exact) mass is 436 g/mol. The minimum absolute atomic E-state index is 0.0255. The number of aromatic nitrogens is 1. The second-order valence-electron chi connectivity index (χ2n) is 8.48. The first-order valence-corrected chi connectivity index (χ1v) is 11.3. The predicted octanol–water partition coefficient (Wildman–Crippen LogP) is -0.319. The molecule has 1 amide bonds. The summed E-state index contributed by atoms with van der Waals surface area (Å²) in [6, 6.07) is 2.72. The SMILES string of the molecule is NC(N)C(C(=O)Nc1cnccc1N1CCN(C2CCC2)CC1)C1NCC(Cl)CN1. The number of halogens is 1. The van der Waals surface area contributed by atoms with Gasteiger partial charge in [-0.25, -0.2) is 0 Å². The van der Waals surface area contributed by atoms with E-state index in [0.29, 0.717) is 18.8 Å². The molecule has 9 nitrogen and oxygen atoms in total. The minimum atomic E-state index is -0.812. The van der Waals surface area contributed by atoms with Crippen molar-refractivity contribution < 1.29 is 4.79 Å². The van der Waals surface area contributed by atoms with Crippen molar-refractivity contribution in [1.82, 2.24) is 20.5 Å². The van der Waals surface area contributed by atoms with E-state index in [0.717, 1.165) is 37.9 Å².